The van der Waals surface area contributed by atoms with Gasteiger partial charge < -0.3 is 15.3 Å². The summed E-state index contributed by atoms with van der Waals surface area (Å²) >= 11 is 0. The molecule has 0 saturated carbocycles. The van der Waals surface area contributed by atoms with Gasteiger partial charge in [-0.1, -0.05) is 6.92 Å². The summed E-state index contributed by atoms with van der Waals surface area (Å²) in [6.45, 7) is 4.92. The van der Waals surface area contributed by atoms with E-state index >= 15 is 0 Å². The molecule has 0 aromatic heterocycles. The molecule has 6 heteroatoms. The van der Waals surface area contributed by atoms with Crippen LogP contribution in [0.4, 0.5) is 0 Å². The lowest BCUT2D eigenvalue weighted by molar-refractivity contribution is 0.0344. The molecule has 0 aromatic rings. The first-order valence-electron chi connectivity index (χ1n) is 5.97. The Hall–Kier alpha value is -0.170. The van der Waals surface area contributed by atoms with Crippen LogP contribution in [0.25, 0.3) is 0 Å². The van der Waals surface area contributed by atoms with Gasteiger partial charge in [-0.25, -0.2) is 8.42 Å². The van der Waals surface area contributed by atoms with Gasteiger partial charge in [0.2, 0.25) is 0 Å². The number of hydrogen-bond acceptors (Lipinski definition) is 5. The molecule has 0 aliphatic carbocycles. The molecule has 0 fully saturated rings. The van der Waals surface area contributed by atoms with Crippen molar-refractivity contribution in [1.29, 1.82) is 0 Å². The van der Waals surface area contributed by atoms with Gasteiger partial charge in [-0.15, -0.1) is 0 Å². The van der Waals surface area contributed by atoms with Crippen molar-refractivity contribution in [1.82, 2.24) is 10.2 Å². The van der Waals surface area contributed by atoms with E-state index in [0.717, 1.165) is 0 Å². The Labute approximate surface area is 105 Å². The van der Waals surface area contributed by atoms with Gasteiger partial charge in [-0.05, 0) is 27.4 Å². The van der Waals surface area contributed by atoms with Crippen molar-refractivity contribution >= 4 is 9.84 Å². The van der Waals surface area contributed by atoms with E-state index in [9.17, 15) is 13.5 Å². The SMILES string of the molecule is CCCS(=O)(=O)CCNCC(C)(O)CN(C)C. The van der Waals surface area contributed by atoms with Gasteiger partial charge in [0.15, 0.2) is 9.84 Å². The molecule has 0 rings (SSSR count). The molecular formula is C11H26N2O3S. The van der Waals surface area contributed by atoms with E-state index in [-0.39, 0.29) is 11.5 Å². The fourth-order valence-corrected chi connectivity index (χ4v) is 3.02. The van der Waals surface area contributed by atoms with Crippen LogP contribution in [0.3, 0.4) is 0 Å². The average Bonchev–Trinajstić information content (AvgIpc) is 2.10. The number of hydrogen-bond donors (Lipinski definition) is 2. The molecular weight excluding hydrogens is 240 g/mol. The fourth-order valence-electron chi connectivity index (χ4n) is 1.74. The number of nitrogens with one attached hydrogen (secondary N) is 1. The quantitative estimate of drug-likeness (QED) is 0.561. The van der Waals surface area contributed by atoms with Crippen LogP contribution >= 0.6 is 0 Å². The normalized spacial score (nSPS) is 16.1. The lowest BCUT2D eigenvalue weighted by Crippen LogP contribution is -2.46. The third-order valence-electron chi connectivity index (χ3n) is 2.27. The van der Waals surface area contributed by atoms with Crippen LogP contribution in [-0.2, 0) is 9.84 Å². The highest BCUT2D eigenvalue weighted by molar-refractivity contribution is 7.91. The second-order valence-electron chi connectivity index (χ2n) is 5.06. The van der Waals surface area contributed by atoms with Crippen LogP contribution in [0.2, 0.25) is 0 Å². The van der Waals surface area contributed by atoms with Crippen molar-refractivity contribution in [2.24, 2.45) is 0 Å². The summed E-state index contributed by atoms with van der Waals surface area (Å²) in [5.74, 6) is 0.377. The van der Waals surface area contributed by atoms with E-state index in [4.69, 9.17) is 0 Å². The molecule has 0 amide bonds. The van der Waals surface area contributed by atoms with E-state index in [1.54, 1.807) is 6.92 Å². The third kappa shape index (κ3) is 9.52. The van der Waals surface area contributed by atoms with Gasteiger partial charge >= 0.3 is 0 Å². The Morgan fingerprint density at radius 3 is 2.35 bits per heavy atom. The van der Waals surface area contributed by atoms with Gasteiger partial charge in [0.05, 0.1) is 11.4 Å². The Morgan fingerprint density at radius 2 is 1.88 bits per heavy atom. The summed E-state index contributed by atoms with van der Waals surface area (Å²) in [4.78, 5) is 1.90. The fraction of sp³-hybridized carbons (Fsp3) is 1.00. The molecule has 1 atom stereocenters. The first-order chi connectivity index (χ1) is 7.68. The molecule has 17 heavy (non-hydrogen) atoms. The van der Waals surface area contributed by atoms with Crippen LogP contribution in [-0.4, -0.2) is 69.3 Å². The number of nitrogens with zero attached hydrogens (tertiary/aromatic N) is 1. The molecule has 2 N–H and O–H groups in total. The van der Waals surface area contributed by atoms with Crippen molar-refractivity contribution in [3.63, 3.8) is 0 Å². The first-order valence-corrected chi connectivity index (χ1v) is 7.79. The minimum absolute atomic E-state index is 0.138. The van der Waals surface area contributed by atoms with E-state index < -0.39 is 15.4 Å². The van der Waals surface area contributed by atoms with Crippen molar-refractivity contribution in [2.75, 3.05) is 45.2 Å². The topological polar surface area (TPSA) is 69.6 Å². The number of rotatable bonds is 9. The number of likely N-dealkylation sites (N-methyl/N-ethyl adjacent to an activating group) is 1. The van der Waals surface area contributed by atoms with Crippen LogP contribution < -0.4 is 5.32 Å². The lowest BCUT2D eigenvalue weighted by Gasteiger charge is -2.27. The molecule has 1 unspecified atom stereocenters. The zero-order valence-electron chi connectivity index (χ0n) is 11.4. The Bertz CT molecular complexity index is 300. The highest BCUT2D eigenvalue weighted by Crippen LogP contribution is 2.02. The van der Waals surface area contributed by atoms with Crippen LogP contribution in [0.1, 0.15) is 20.3 Å². The summed E-state index contributed by atoms with van der Waals surface area (Å²) < 4.78 is 22.8. The molecule has 0 saturated heterocycles. The minimum atomic E-state index is -2.93. The average molecular weight is 266 g/mol. The maximum atomic E-state index is 11.4. The van der Waals surface area contributed by atoms with E-state index in [0.29, 0.717) is 26.1 Å². The maximum absolute atomic E-state index is 11.4. The minimum Gasteiger partial charge on any atom is -0.388 e. The summed E-state index contributed by atoms with van der Waals surface area (Å²) in [5, 5.41) is 13.0. The Kier molecular flexibility index (Phi) is 7.23. The molecule has 0 aliphatic rings. The summed E-state index contributed by atoms with van der Waals surface area (Å²) in [5.41, 5.74) is -0.835. The van der Waals surface area contributed by atoms with E-state index in [1.165, 1.54) is 0 Å². The van der Waals surface area contributed by atoms with E-state index in [2.05, 4.69) is 5.32 Å². The molecule has 0 spiro atoms. The largest absolute Gasteiger partial charge is 0.388 e. The molecule has 5 nitrogen and oxygen atoms in total. The zero-order valence-corrected chi connectivity index (χ0v) is 12.2. The summed E-state index contributed by atoms with van der Waals surface area (Å²) in [6, 6.07) is 0. The molecule has 0 bridgehead atoms. The number of sulfone groups is 1. The van der Waals surface area contributed by atoms with Crippen molar-refractivity contribution in [2.45, 2.75) is 25.9 Å². The van der Waals surface area contributed by atoms with Crippen LogP contribution in [0, 0.1) is 0 Å². The van der Waals surface area contributed by atoms with Crippen LogP contribution in [0.5, 0.6) is 0 Å². The second-order valence-corrected chi connectivity index (χ2v) is 7.37. The molecule has 0 heterocycles. The maximum Gasteiger partial charge on any atom is 0.151 e. The van der Waals surface area contributed by atoms with Gasteiger partial charge in [0.25, 0.3) is 0 Å². The number of aliphatic hydroxyl groups is 1. The predicted octanol–water partition coefficient (Wildman–Crippen LogP) is -0.287. The van der Waals surface area contributed by atoms with Crippen molar-refractivity contribution < 1.29 is 13.5 Å². The monoisotopic (exact) mass is 266 g/mol. The van der Waals surface area contributed by atoms with Crippen molar-refractivity contribution in [3.8, 4) is 0 Å². The zero-order chi connectivity index (χ0) is 13.5. The van der Waals surface area contributed by atoms with Gasteiger partial charge in [0, 0.05) is 25.4 Å². The highest BCUT2D eigenvalue weighted by atomic mass is 32.2. The Morgan fingerprint density at radius 1 is 1.29 bits per heavy atom. The van der Waals surface area contributed by atoms with Crippen molar-refractivity contribution in [3.05, 3.63) is 0 Å². The van der Waals surface area contributed by atoms with E-state index in [1.807, 2.05) is 25.9 Å². The second kappa shape index (κ2) is 7.31. The first kappa shape index (κ1) is 16.8. The summed E-state index contributed by atoms with van der Waals surface area (Å²) in [6.07, 6.45) is 0.653. The molecule has 104 valence electrons. The standard InChI is InChI=1S/C11H26N2O3S/c1-5-7-17(15,16)8-6-12-9-11(2,14)10-13(3)4/h12,14H,5-10H2,1-4H3. The van der Waals surface area contributed by atoms with Gasteiger partial charge in [0.1, 0.15) is 0 Å². The summed E-state index contributed by atoms with van der Waals surface area (Å²) in [7, 11) is 0.851. The third-order valence-corrected chi connectivity index (χ3v) is 4.12. The molecule has 0 radical (unpaired) electrons. The molecule has 0 aromatic carbocycles. The van der Waals surface area contributed by atoms with Gasteiger partial charge in [-0.2, -0.15) is 0 Å². The Balaban J connectivity index is 3.85. The van der Waals surface area contributed by atoms with Gasteiger partial charge in [-0.3, -0.25) is 0 Å². The van der Waals surface area contributed by atoms with Crippen LogP contribution in [0.15, 0.2) is 0 Å². The smallest absolute Gasteiger partial charge is 0.151 e. The highest BCUT2D eigenvalue weighted by Gasteiger charge is 2.20. The molecule has 0 aliphatic heterocycles. The lowest BCUT2D eigenvalue weighted by atomic mass is 10.1. The predicted molar refractivity (Wildman–Crippen MR) is 71.0 cm³/mol.